The SMILES string of the molecule is CC1CC(=O)N(CC(=O)NC(N)=O)CC1N. The zero-order valence-corrected chi connectivity index (χ0v) is 9.10. The van der Waals surface area contributed by atoms with Gasteiger partial charge in [-0.25, -0.2) is 4.79 Å². The Hall–Kier alpha value is -1.63. The first kappa shape index (κ1) is 12.4. The molecule has 0 aromatic rings. The fraction of sp³-hybridized carbons (Fsp3) is 0.667. The standard InChI is InChI=1S/C9H16N4O3/c1-5-2-8(15)13(3-6(5)10)4-7(14)12-9(11)16/h5-6H,2-4,10H2,1H3,(H3,11,12,14,16). The minimum atomic E-state index is -0.924. The Kier molecular flexibility index (Phi) is 3.83. The van der Waals surface area contributed by atoms with E-state index in [1.54, 1.807) is 0 Å². The molecule has 1 aliphatic rings. The first-order valence-electron chi connectivity index (χ1n) is 5.02. The van der Waals surface area contributed by atoms with E-state index in [9.17, 15) is 14.4 Å². The Balaban J connectivity index is 2.51. The van der Waals surface area contributed by atoms with Crippen molar-refractivity contribution < 1.29 is 14.4 Å². The van der Waals surface area contributed by atoms with Gasteiger partial charge in [0.2, 0.25) is 11.8 Å². The largest absolute Gasteiger partial charge is 0.351 e. The lowest BCUT2D eigenvalue weighted by atomic mass is 9.94. The number of carbonyl (C=O) groups excluding carboxylic acids is 3. The average molecular weight is 228 g/mol. The number of hydrogen-bond donors (Lipinski definition) is 3. The maximum Gasteiger partial charge on any atom is 0.318 e. The number of nitrogens with one attached hydrogen (secondary N) is 1. The van der Waals surface area contributed by atoms with E-state index in [1.165, 1.54) is 4.90 Å². The van der Waals surface area contributed by atoms with E-state index < -0.39 is 11.9 Å². The smallest absolute Gasteiger partial charge is 0.318 e. The summed E-state index contributed by atoms with van der Waals surface area (Å²) in [5.74, 6) is -0.612. The number of imide groups is 1. The van der Waals surface area contributed by atoms with Crippen molar-refractivity contribution in [2.24, 2.45) is 17.4 Å². The molecule has 1 aliphatic heterocycles. The van der Waals surface area contributed by atoms with Crippen LogP contribution in [0.15, 0.2) is 0 Å². The van der Waals surface area contributed by atoms with E-state index >= 15 is 0 Å². The summed E-state index contributed by atoms with van der Waals surface area (Å²) in [6.07, 6.45) is 0.324. The minimum Gasteiger partial charge on any atom is -0.351 e. The van der Waals surface area contributed by atoms with E-state index in [1.807, 2.05) is 12.2 Å². The second-order valence-electron chi connectivity index (χ2n) is 4.03. The van der Waals surface area contributed by atoms with Crippen molar-refractivity contribution in [3.8, 4) is 0 Å². The molecular weight excluding hydrogens is 212 g/mol. The lowest BCUT2D eigenvalue weighted by Crippen LogP contribution is -2.53. The summed E-state index contributed by atoms with van der Waals surface area (Å²) in [4.78, 5) is 34.5. The van der Waals surface area contributed by atoms with Crippen LogP contribution in [-0.2, 0) is 9.59 Å². The molecule has 2 atom stereocenters. The summed E-state index contributed by atoms with van der Waals surface area (Å²) in [5.41, 5.74) is 10.6. The van der Waals surface area contributed by atoms with Gasteiger partial charge in [-0.1, -0.05) is 6.92 Å². The second-order valence-corrected chi connectivity index (χ2v) is 4.03. The van der Waals surface area contributed by atoms with Crippen molar-refractivity contribution in [2.75, 3.05) is 13.1 Å². The molecule has 90 valence electrons. The predicted molar refractivity (Wildman–Crippen MR) is 56.1 cm³/mol. The number of primary amides is 1. The number of urea groups is 1. The second kappa shape index (κ2) is 4.93. The molecule has 0 spiro atoms. The number of hydrogen-bond acceptors (Lipinski definition) is 4. The van der Waals surface area contributed by atoms with Gasteiger partial charge in [0, 0.05) is 19.0 Å². The Bertz CT molecular complexity index is 318. The molecule has 1 saturated heterocycles. The summed E-state index contributed by atoms with van der Waals surface area (Å²) in [6.45, 7) is 2.04. The van der Waals surface area contributed by atoms with Crippen LogP contribution >= 0.6 is 0 Å². The van der Waals surface area contributed by atoms with E-state index in [0.717, 1.165) is 0 Å². The van der Waals surface area contributed by atoms with E-state index in [-0.39, 0.29) is 24.4 Å². The van der Waals surface area contributed by atoms with Gasteiger partial charge in [-0.05, 0) is 5.92 Å². The van der Waals surface area contributed by atoms with Gasteiger partial charge in [-0.15, -0.1) is 0 Å². The van der Waals surface area contributed by atoms with Crippen molar-refractivity contribution >= 4 is 17.8 Å². The molecule has 0 saturated carbocycles. The predicted octanol–water partition coefficient (Wildman–Crippen LogP) is -1.62. The number of nitrogens with two attached hydrogens (primary N) is 2. The molecule has 5 N–H and O–H groups in total. The summed E-state index contributed by atoms with van der Waals surface area (Å²) >= 11 is 0. The van der Waals surface area contributed by atoms with Crippen LogP contribution in [0.4, 0.5) is 4.79 Å². The van der Waals surface area contributed by atoms with Crippen molar-refractivity contribution in [1.29, 1.82) is 0 Å². The number of carbonyl (C=O) groups is 3. The van der Waals surface area contributed by atoms with Gasteiger partial charge in [0.1, 0.15) is 6.54 Å². The molecule has 4 amide bonds. The maximum absolute atomic E-state index is 11.5. The minimum absolute atomic E-state index is 0.114. The first-order valence-corrected chi connectivity index (χ1v) is 5.02. The third-order valence-electron chi connectivity index (χ3n) is 2.61. The van der Waals surface area contributed by atoms with Crippen LogP contribution < -0.4 is 16.8 Å². The first-order chi connectivity index (χ1) is 7.40. The molecule has 0 bridgehead atoms. The average Bonchev–Trinajstić information content (AvgIpc) is 2.12. The zero-order valence-electron chi connectivity index (χ0n) is 9.10. The molecule has 7 heteroatoms. The molecule has 0 aromatic carbocycles. The molecule has 16 heavy (non-hydrogen) atoms. The highest BCUT2D eigenvalue weighted by molar-refractivity contribution is 5.96. The summed E-state index contributed by atoms with van der Waals surface area (Å²) in [5, 5.41) is 1.90. The van der Waals surface area contributed by atoms with Crippen molar-refractivity contribution in [2.45, 2.75) is 19.4 Å². The van der Waals surface area contributed by atoms with Crippen LogP contribution in [0.25, 0.3) is 0 Å². The van der Waals surface area contributed by atoms with E-state index in [0.29, 0.717) is 13.0 Å². The highest BCUT2D eigenvalue weighted by atomic mass is 16.2. The van der Waals surface area contributed by atoms with Crippen molar-refractivity contribution in [1.82, 2.24) is 10.2 Å². The molecule has 0 aliphatic carbocycles. The fourth-order valence-corrected chi connectivity index (χ4v) is 1.60. The van der Waals surface area contributed by atoms with Crippen molar-refractivity contribution in [3.05, 3.63) is 0 Å². The van der Waals surface area contributed by atoms with Gasteiger partial charge in [-0.3, -0.25) is 14.9 Å². The van der Waals surface area contributed by atoms with Gasteiger partial charge in [0.25, 0.3) is 0 Å². The fourth-order valence-electron chi connectivity index (χ4n) is 1.60. The highest BCUT2D eigenvalue weighted by Crippen LogP contribution is 2.16. The van der Waals surface area contributed by atoms with Crippen LogP contribution in [0.2, 0.25) is 0 Å². The molecule has 1 heterocycles. The van der Waals surface area contributed by atoms with E-state index in [2.05, 4.69) is 0 Å². The Labute approximate surface area is 93.1 Å². The van der Waals surface area contributed by atoms with Crippen LogP contribution in [-0.4, -0.2) is 41.9 Å². The van der Waals surface area contributed by atoms with Gasteiger partial charge < -0.3 is 16.4 Å². The Morgan fingerprint density at radius 1 is 1.56 bits per heavy atom. The summed E-state index contributed by atoms with van der Waals surface area (Å²) < 4.78 is 0. The summed E-state index contributed by atoms with van der Waals surface area (Å²) in [6, 6.07) is -1.06. The Morgan fingerprint density at radius 2 is 2.19 bits per heavy atom. The number of amides is 4. The normalized spacial score (nSPS) is 25.4. The third kappa shape index (κ3) is 3.20. The molecule has 2 unspecified atom stereocenters. The van der Waals surface area contributed by atoms with Crippen molar-refractivity contribution in [3.63, 3.8) is 0 Å². The topological polar surface area (TPSA) is 119 Å². The molecule has 0 radical (unpaired) electrons. The Morgan fingerprint density at radius 3 is 2.75 bits per heavy atom. The van der Waals surface area contributed by atoms with Crippen LogP contribution in [0, 0.1) is 5.92 Å². The quantitative estimate of drug-likeness (QED) is 0.526. The molecule has 1 rings (SSSR count). The molecule has 7 nitrogen and oxygen atoms in total. The number of nitrogens with zero attached hydrogens (tertiary/aromatic N) is 1. The molecular formula is C9H16N4O3. The van der Waals surface area contributed by atoms with Crippen LogP contribution in [0.1, 0.15) is 13.3 Å². The maximum atomic E-state index is 11.5. The lowest BCUT2D eigenvalue weighted by Gasteiger charge is -2.34. The number of likely N-dealkylation sites (tertiary alicyclic amines) is 1. The highest BCUT2D eigenvalue weighted by Gasteiger charge is 2.30. The molecule has 0 aromatic heterocycles. The number of piperidine rings is 1. The van der Waals surface area contributed by atoms with Crippen LogP contribution in [0.3, 0.4) is 0 Å². The number of rotatable bonds is 2. The van der Waals surface area contributed by atoms with E-state index in [4.69, 9.17) is 11.5 Å². The van der Waals surface area contributed by atoms with Gasteiger partial charge in [0.05, 0.1) is 0 Å². The van der Waals surface area contributed by atoms with Gasteiger partial charge in [0.15, 0.2) is 0 Å². The monoisotopic (exact) mass is 228 g/mol. The third-order valence-corrected chi connectivity index (χ3v) is 2.61. The van der Waals surface area contributed by atoms with Crippen LogP contribution in [0.5, 0.6) is 0 Å². The zero-order chi connectivity index (χ0) is 12.3. The summed E-state index contributed by atoms with van der Waals surface area (Å²) in [7, 11) is 0. The molecule has 1 fully saturated rings. The van der Waals surface area contributed by atoms with Gasteiger partial charge >= 0.3 is 6.03 Å². The van der Waals surface area contributed by atoms with Gasteiger partial charge in [-0.2, -0.15) is 0 Å². The lowest BCUT2D eigenvalue weighted by molar-refractivity contribution is -0.139.